The maximum Gasteiger partial charge on any atom is 0.313 e. The third-order valence-corrected chi connectivity index (χ3v) is 5.64. The Hall–Kier alpha value is -2.22. The molecule has 2 heterocycles. The van der Waals surface area contributed by atoms with Crippen molar-refractivity contribution >= 4 is 28.8 Å². The first-order chi connectivity index (χ1) is 13.2. The Labute approximate surface area is 163 Å². The van der Waals surface area contributed by atoms with Gasteiger partial charge in [0.2, 0.25) is 0 Å². The second kappa shape index (κ2) is 9.64. The predicted molar refractivity (Wildman–Crippen MR) is 107 cm³/mol. The summed E-state index contributed by atoms with van der Waals surface area (Å²) in [5, 5.41) is 7.54. The van der Waals surface area contributed by atoms with Crippen LogP contribution in [0.15, 0.2) is 41.8 Å². The van der Waals surface area contributed by atoms with Crippen molar-refractivity contribution in [1.82, 2.24) is 10.2 Å². The van der Waals surface area contributed by atoms with E-state index in [1.165, 1.54) is 4.88 Å². The van der Waals surface area contributed by atoms with Gasteiger partial charge in [-0.05, 0) is 29.5 Å². The number of nitrogens with one attached hydrogen (secondary N) is 2. The summed E-state index contributed by atoms with van der Waals surface area (Å²) in [6.07, 6.45) is 0.787. The van der Waals surface area contributed by atoms with Crippen molar-refractivity contribution in [2.75, 3.05) is 38.2 Å². The summed E-state index contributed by atoms with van der Waals surface area (Å²) >= 11 is 1.66. The zero-order valence-corrected chi connectivity index (χ0v) is 16.3. The topological polar surface area (TPSA) is 70.7 Å². The lowest BCUT2D eigenvalue weighted by Gasteiger charge is -2.34. The molecule has 2 amide bonds. The highest BCUT2D eigenvalue weighted by molar-refractivity contribution is 7.10. The molecule has 0 unspecified atom stereocenters. The fourth-order valence-electron chi connectivity index (χ4n) is 3.18. The number of ether oxygens (including phenoxy) is 1. The number of nitrogens with zero attached hydrogens (tertiary/aromatic N) is 1. The van der Waals surface area contributed by atoms with Crippen molar-refractivity contribution in [3.63, 3.8) is 0 Å². The summed E-state index contributed by atoms with van der Waals surface area (Å²) in [5.41, 5.74) is 1.69. The number of rotatable bonds is 6. The lowest BCUT2D eigenvalue weighted by Crippen LogP contribution is -2.45. The van der Waals surface area contributed by atoms with Crippen molar-refractivity contribution < 1.29 is 14.3 Å². The number of benzene rings is 1. The van der Waals surface area contributed by atoms with Crippen LogP contribution in [0.1, 0.15) is 23.4 Å². The minimum absolute atomic E-state index is 0.0496. The Bertz CT molecular complexity index is 758. The molecule has 144 valence electrons. The standard InChI is InChI=1S/C20H25N3O3S/c1-2-15-6-3-4-7-16(15)22-20(25)19(24)21-14-17(18-8-5-13-27-18)23-9-11-26-12-10-23/h3-8,13,17H,2,9-12,14H2,1H3,(H,21,24)(H,22,25)/t17-/m1/s1. The second-order valence-corrected chi connectivity index (χ2v) is 7.33. The third kappa shape index (κ3) is 5.15. The maximum absolute atomic E-state index is 12.3. The van der Waals surface area contributed by atoms with Crippen molar-refractivity contribution in [2.45, 2.75) is 19.4 Å². The fraction of sp³-hybridized carbons (Fsp3) is 0.400. The molecular weight excluding hydrogens is 362 g/mol. The molecule has 0 saturated carbocycles. The normalized spacial score (nSPS) is 15.9. The molecule has 27 heavy (non-hydrogen) atoms. The van der Waals surface area contributed by atoms with Crippen LogP contribution < -0.4 is 10.6 Å². The van der Waals surface area contributed by atoms with E-state index in [2.05, 4.69) is 21.6 Å². The summed E-state index contributed by atoms with van der Waals surface area (Å²) < 4.78 is 5.43. The molecule has 1 aliphatic rings. The van der Waals surface area contributed by atoms with Crippen LogP contribution in [0.25, 0.3) is 0 Å². The van der Waals surface area contributed by atoms with Crippen molar-refractivity contribution in [3.8, 4) is 0 Å². The number of hydrogen-bond donors (Lipinski definition) is 2. The summed E-state index contributed by atoms with van der Waals surface area (Å²) in [4.78, 5) is 28.1. The van der Waals surface area contributed by atoms with Crippen LogP contribution in [-0.4, -0.2) is 49.6 Å². The average Bonchev–Trinajstić information content (AvgIpc) is 3.23. The minimum atomic E-state index is -0.636. The lowest BCUT2D eigenvalue weighted by atomic mass is 10.1. The Balaban J connectivity index is 1.60. The number of carbonyl (C=O) groups is 2. The third-order valence-electron chi connectivity index (χ3n) is 4.67. The number of morpholine rings is 1. The van der Waals surface area contributed by atoms with Gasteiger partial charge in [-0.2, -0.15) is 0 Å². The molecule has 0 spiro atoms. The number of aryl methyl sites for hydroxylation is 1. The number of hydrogen-bond acceptors (Lipinski definition) is 5. The van der Waals surface area contributed by atoms with Gasteiger partial charge in [-0.1, -0.05) is 31.2 Å². The number of thiophene rings is 1. The summed E-state index contributed by atoms with van der Waals surface area (Å²) in [5.74, 6) is -1.25. The van der Waals surface area contributed by atoms with E-state index in [0.717, 1.165) is 25.1 Å². The Kier molecular flexibility index (Phi) is 6.98. The van der Waals surface area contributed by atoms with Gasteiger partial charge in [0.15, 0.2) is 0 Å². The molecule has 3 rings (SSSR count). The molecule has 1 saturated heterocycles. The zero-order chi connectivity index (χ0) is 19.1. The van der Waals surface area contributed by atoms with Gasteiger partial charge in [-0.15, -0.1) is 11.3 Å². The van der Waals surface area contributed by atoms with Crippen LogP contribution in [0.2, 0.25) is 0 Å². The average molecular weight is 388 g/mol. The van der Waals surface area contributed by atoms with Gasteiger partial charge in [0.05, 0.1) is 19.3 Å². The SMILES string of the molecule is CCc1ccccc1NC(=O)C(=O)NC[C@H](c1cccs1)N1CCOCC1. The quantitative estimate of drug-likeness (QED) is 0.747. The van der Waals surface area contributed by atoms with Crippen LogP contribution in [0, 0.1) is 0 Å². The van der Waals surface area contributed by atoms with Crippen LogP contribution >= 0.6 is 11.3 Å². The van der Waals surface area contributed by atoms with Gasteiger partial charge in [0.1, 0.15) is 0 Å². The molecule has 6 nitrogen and oxygen atoms in total. The highest BCUT2D eigenvalue weighted by atomic mass is 32.1. The van der Waals surface area contributed by atoms with Gasteiger partial charge in [-0.25, -0.2) is 0 Å². The van der Waals surface area contributed by atoms with E-state index >= 15 is 0 Å². The first kappa shape index (κ1) is 19.5. The first-order valence-electron chi connectivity index (χ1n) is 9.21. The number of para-hydroxylation sites is 1. The minimum Gasteiger partial charge on any atom is -0.379 e. The second-order valence-electron chi connectivity index (χ2n) is 6.35. The molecule has 0 bridgehead atoms. The molecule has 0 radical (unpaired) electrons. The Morgan fingerprint density at radius 3 is 2.63 bits per heavy atom. The van der Waals surface area contributed by atoms with Crippen LogP contribution in [-0.2, 0) is 20.7 Å². The Morgan fingerprint density at radius 1 is 1.15 bits per heavy atom. The van der Waals surface area contributed by atoms with E-state index < -0.39 is 11.8 Å². The van der Waals surface area contributed by atoms with E-state index in [1.54, 1.807) is 11.3 Å². The van der Waals surface area contributed by atoms with E-state index in [9.17, 15) is 9.59 Å². The van der Waals surface area contributed by atoms with Crippen LogP contribution in [0.3, 0.4) is 0 Å². The molecule has 2 N–H and O–H groups in total. The summed E-state index contributed by atoms with van der Waals surface area (Å²) in [6, 6.07) is 11.6. The van der Waals surface area contributed by atoms with Gasteiger partial charge < -0.3 is 15.4 Å². The predicted octanol–water partition coefficient (Wildman–Crippen LogP) is 2.44. The molecule has 1 fully saturated rings. The molecule has 1 aliphatic heterocycles. The maximum atomic E-state index is 12.3. The largest absolute Gasteiger partial charge is 0.379 e. The van der Waals surface area contributed by atoms with E-state index in [4.69, 9.17) is 4.74 Å². The Morgan fingerprint density at radius 2 is 1.93 bits per heavy atom. The van der Waals surface area contributed by atoms with Gasteiger partial charge >= 0.3 is 11.8 Å². The van der Waals surface area contributed by atoms with E-state index in [-0.39, 0.29) is 6.04 Å². The molecule has 1 aromatic heterocycles. The molecule has 1 atom stereocenters. The van der Waals surface area contributed by atoms with E-state index in [0.29, 0.717) is 25.4 Å². The van der Waals surface area contributed by atoms with Crippen LogP contribution in [0.5, 0.6) is 0 Å². The number of carbonyl (C=O) groups excluding carboxylic acids is 2. The molecule has 1 aromatic carbocycles. The number of amides is 2. The highest BCUT2D eigenvalue weighted by Gasteiger charge is 2.25. The first-order valence-corrected chi connectivity index (χ1v) is 10.1. The van der Waals surface area contributed by atoms with E-state index in [1.807, 2.05) is 42.6 Å². The molecular formula is C20H25N3O3S. The van der Waals surface area contributed by atoms with Crippen molar-refractivity contribution in [1.29, 1.82) is 0 Å². The molecule has 0 aliphatic carbocycles. The smallest absolute Gasteiger partial charge is 0.313 e. The lowest BCUT2D eigenvalue weighted by molar-refractivity contribution is -0.136. The molecule has 2 aromatic rings. The van der Waals surface area contributed by atoms with Crippen LogP contribution in [0.4, 0.5) is 5.69 Å². The van der Waals surface area contributed by atoms with Gasteiger partial charge in [0.25, 0.3) is 0 Å². The fourth-order valence-corrected chi connectivity index (χ4v) is 4.04. The van der Waals surface area contributed by atoms with Crippen molar-refractivity contribution in [3.05, 3.63) is 52.2 Å². The zero-order valence-electron chi connectivity index (χ0n) is 15.4. The molecule has 7 heteroatoms. The summed E-state index contributed by atoms with van der Waals surface area (Å²) in [7, 11) is 0. The van der Waals surface area contributed by atoms with Crippen molar-refractivity contribution in [2.24, 2.45) is 0 Å². The van der Waals surface area contributed by atoms with Gasteiger partial charge in [-0.3, -0.25) is 14.5 Å². The van der Waals surface area contributed by atoms with Gasteiger partial charge in [0, 0.05) is 30.2 Å². The highest BCUT2D eigenvalue weighted by Crippen LogP contribution is 2.25. The summed E-state index contributed by atoms with van der Waals surface area (Å²) in [6.45, 7) is 5.40. The number of anilines is 1. The monoisotopic (exact) mass is 387 g/mol.